The van der Waals surface area contributed by atoms with Crippen LogP contribution in [0.25, 0.3) is 0 Å². The Morgan fingerprint density at radius 1 is 1.14 bits per heavy atom. The molecule has 0 aromatic heterocycles. The Morgan fingerprint density at radius 3 is 2.42 bits per heavy atom. The predicted octanol–water partition coefficient (Wildman–Crippen LogP) is 5.38. The van der Waals surface area contributed by atoms with Gasteiger partial charge in [0.25, 0.3) is 11.6 Å². The summed E-state index contributed by atoms with van der Waals surface area (Å²) in [6, 6.07) is 13.1. The second-order valence-corrected chi connectivity index (χ2v) is 9.94. The monoisotopic (exact) mass is 488 g/mol. The van der Waals surface area contributed by atoms with E-state index in [2.05, 4.69) is 36.0 Å². The molecule has 0 atom stereocenters. The number of benzene rings is 2. The number of carbonyl (C=O) groups is 1. The number of nitro benzene ring substituents is 1. The zero-order valence-electron chi connectivity index (χ0n) is 21.6. The first-order valence-electron chi connectivity index (χ1n) is 12.1. The molecule has 0 unspecified atom stereocenters. The Hall–Kier alpha value is -3.94. The number of carbonyl (C=O) groups excluding carboxylic acids is 1. The number of likely N-dealkylation sites (N-methyl/N-ethyl adjacent to an activating group) is 1. The highest BCUT2D eigenvalue weighted by Gasteiger charge is 2.41. The molecule has 36 heavy (non-hydrogen) atoms. The highest BCUT2D eigenvalue weighted by atomic mass is 16.6. The third-order valence-electron chi connectivity index (χ3n) is 6.63. The van der Waals surface area contributed by atoms with Crippen molar-refractivity contribution in [3.63, 3.8) is 0 Å². The number of hydrazone groups is 1. The summed E-state index contributed by atoms with van der Waals surface area (Å²) in [5.41, 5.74) is 4.75. The van der Waals surface area contributed by atoms with Gasteiger partial charge in [0.05, 0.1) is 22.3 Å². The van der Waals surface area contributed by atoms with Gasteiger partial charge in [-0.2, -0.15) is 5.10 Å². The molecule has 2 aromatic rings. The third-order valence-corrected chi connectivity index (χ3v) is 6.63. The number of allylic oxidation sites excluding steroid dienone is 3. The van der Waals surface area contributed by atoms with E-state index in [1.54, 1.807) is 19.2 Å². The molecule has 2 aliphatic rings. The van der Waals surface area contributed by atoms with Gasteiger partial charge in [0.15, 0.2) is 0 Å². The molecule has 0 spiro atoms. The lowest BCUT2D eigenvalue weighted by atomic mass is 9.83. The quantitative estimate of drug-likeness (QED) is 0.297. The van der Waals surface area contributed by atoms with Crippen LogP contribution in [-0.4, -0.2) is 41.2 Å². The van der Waals surface area contributed by atoms with Gasteiger partial charge >= 0.3 is 0 Å². The molecule has 2 heterocycles. The Labute approximate surface area is 211 Å². The van der Waals surface area contributed by atoms with Crippen LogP contribution in [0.3, 0.4) is 0 Å². The first kappa shape index (κ1) is 25.2. The fourth-order valence-corrected chi connectivity index (χ4v) is 4.77. The molecule has 188 valence electrons. The summed E-state index contributed by atoms with van der Waals surface area (Å²) < 4.78 is 5.75. The zero-order valence-corrected chi connectivity index (χ0v) is 21.6. The molecule has 2 aliphatic heterocycles. The van der Waals surface area contributed by atoms with E-state index in [9.17, 15) is 14.9 Å². The van der Waals surface area contributed by atoms with Crippen LogP contribution in [0.15, 0.2) is 71.0 Å². The van der Waals surface area contributed by atoms with E-state index in [4.69, 9.17) is 4.74 Å². The fraction of sp³-hybridized carbons (Fsp3) is 0.357. The number of nitrogens with zero attached hydrogens (tertiary/aromatic N) is 4. The third kappa shape index (κ3) is 4.76. The summed E-state index contributed by atoms with van der Waals surface area (Å²) in [5.74, 6) is 0.688. The van der Waals surface area contributed by atoms with E-state index in [0.717, 1.165) is 34.7 Å². The fourth-order valence-electron chi connectivity index (χ4n) is 4.77. The molecule has 4 rings (SSSR count). The lowest BCUT2D eigenvalue weighted by Gasteiger charge is -2.27. The second kappa shape index (κ2) is 9.60. The largest absolute Gasteiger partial charge is 0.491 e. The Kier molecular flexibility index (Phi) is 6.71. The summed E-state index contributed by atoms with van der Waals surface area (Å²) in [6.45, 7) is 10.6. The molecular formula is C28H32N4O4. The maximum Gasteiger partial charge on any atom is 0.275 e. The zero-order chi connectivity index (χ0) is 26.2. The van der Waals surface area contributed by atoms with Gasteiger partial charge in [-0.1, -0.05) is 26.0 Å². The molecular weight excluding hydrogens is 456 g/mol. The molecule has 8 nitrogen and oxygen atoms in total. The van der Waals surface area contributed by atoms with Gasteiger partial charge in [-0.15, -0.1) is 0 Å². The van der Waals surface area contributed by atoms with Gasteiger partial charge in [-0.3, -0.25) is 14.9 Å². The lowest BCUT2D eigenvalue weighted by Crippen LogP contribution is -2.28. The van der Waals surface area contributed by atoms with E-state index < -0.39 is 5.41 Å². The smallest absolute Gasteiger partial charge is 0.275 e. The number of hydrogen-bond acceptors (Lipinski definition) is 6. The van der Waals surface area contributed by atoms with Crippen molar-refractivity contribution in [2.24, 2.45) is 5.10 Å². The van der Waals surface area contributed by atoms with Crippen molar-refractivity contribution < 1.29 is 14.5 Å². The standard InChI is InChI=1S/C28H32N4O4/c1-18(2)36-22-10-7-20(8-11-22)15-16-31-25-13-9-21(32(34)35)17-24(25)28(4,5)26(31)14-12-23-19(3)29-30(6)27(23)33/h7-14,17-18H,15-16H2,1-6H3/b23-12-,26-14+. The van der Waals surface area contributed by atoms with Gasteiger partial charge < -0.3 is 9.64 Å². The number of amides is 1. The van der Waals surface area contributed by atoms with E-state index >= 15 is 0 Å². The van der Waals surface area contributed by atoms with E-state index in [1.807, 2.05) is 51.1 Å². The highest BCUT2D eigenvalue weighted by molar-refractivity contribution is 6.23. The number of hydrogen-bond donors (Lipinski definition) is 0. The minimum Gasteiger partial charge on any atom is -0.491 e. The van der Waals surface area contributed by atoms with Gasteiger partial charge in [0, 0.05) is 42.5 Å². The number of nitro groups is 1. The highest BCUT2D eigenvalue weighted by Crippen LogP contribution is 2.49. The maximum atomic E-state index is 12.5. The van der Waals surface area contributed by atoms with Crippen LogP contribution in [0, 0.1) is 10.1 Å². The van der Waals surface area contributed by atoms with E-state index in [1.165, 1.54) is 5.01 Å². The molecule has 0 saturated carbocycles. The molecule has 0 N–H and O–H groups in total. The lowest BCUT2D eigenvalue weighted by molar-refractivity contribution is -0.384. The molecule has 0 bridgehead atoms. The van der Waals surface area contributed by atoms with Gasteiger partial charge in [-0.25, -0.2) is 5.01 Å². The van der Waals surface area contributed by atoms with Crippen LogP contribution in [0.1, 0.15) is 45.7 Å². The van der Waals surface area contributed by atoms with Crippen molar-refractivity contribution in [1.29, 1.82) is 0 Å². The van der Waals surface area contributed by atoms with Crippen molar-refractivity contribution in [1.82, 2.24) is 5.01 Å². The summed E-state index contributed by atoms with van der Waals surface area (Å²) in [4.78, 5) is 25.8. The summed E-state index contributed by atoms with van der Waals surface area (Å²) >= 11 is 0. The van der Waals surface area contributed by atoms with Gasteiger partial charge in [0.2, 0.25) is 0 Å². The molecule has 0 radical (unpaired) electrons. The summed E-state index contributed by atoms with van der Waals surface area (Å²) in [7, 11) is 1.64. The van der Waals surface area contributed by atoms with E-state index in [-0.39, 0.29) is 22.6 Å². The first-order valence-corrected chi connectivity index (χ1v) is 12.1. The SMILES string of the molecule is CC1=NN(C)C(=O)/C1=C\C=C1\N(CCc2ccc(OC(C)C)cc2)c2ccc([N+](=O)[O-])cc2C1(C)C. The van der Waals surface area contributed by atoms with Crippen LogP contribution in [0.4, 0.5) is 11.4 Å². The van der Waals surface area contributed by atoms with Gasteiger partial charge in [0.1, 0.15) is 5.75 Å². The predicted molar refractivity (Wildman–Crippen MR) is 141 cm³/mol. The van der Waals surface area contributed by atoms with Crippen molar-refractivity contribution in [2.45, 2.75) is 52.6 Å². The molecule has 0 aliphatic carbocycles. The minimum absolute atomic E-state index is 0.0673. The molecule has 0 saturated heterocycles. The van der Waals surface area contributed by atoms with Crippen molar-refractivity contribution >= 4 is 23.0 Å². The van der Waals surface area contributed by atoms with Crippen LogP contribution in [-0.2, 0) is 16.6 Å². The number of fused-ring (bicyclic) bond motifs is 1. The Morgan fingerprint density at radius 2 is 1.83 bits per heavy atom. The molecule has 2 aromatic carbocycles. The van der Waals surface area contributed by atoms with Gasteiger partial charge in [-0.05, 0) is 68.7 Å². The summed E-state index contributed by atoms with van der Waals surface area (Å²) in [6.07, 6.45) is 4.65. The van der Waals surface area contributed by atoms with E-state index in [0.29, 0.717) is 17.8 Å². The first-order chi connectivity index (χ1) is 17.0. The molecule has 0 fully saturated rings. The van der Waals surface area contributed by atoms with Crippen LogP contribution < -0.4 is 9.64 Å². The topological polar surface area (TPSA) is 88.3 Å². The number of ether oxygens (including phenoxy) is 1. The van der Waals surface area contributed by atoms with Crippen molar-refractivity contribution in [2.75, 3.05) is 18.5 Å². The number of anilines is 1. The molecule has 1 amide bonds. The Bertz CT molecular complexity index is 1290. The van der Waals surface area contributed by atoms with Crippen LogP contribution >= 0.6 is 0 Å². The average Bonchev–Trinajstić information content (AvgIpc) is 3.18. The minimum atomic E-state index is -0.494. The number of rotatable bonds is 7. The Balaban J connectivity index is 1.69. The second-order valence-electron chi connectivity index (χ2n) is 9.94. The normalized spacial score (nSPS) is 18.9. The van der Waals surface area contributed by atoms with Crippen LogP contribution in [0.5, 0.6) is 5.75 Å². The molecule has 8 heteroatoms. The average molecular weight is 489 g/mol. The number of non-ortho nitro benzene ring substituents is 1. The maximum absolute atomic E-state index is 12.5. The van der Waals surface area contributed by atoms with Crippen molar-refractivity contribution in [3.05, 3.63) is 87.1 Å². The van der Waals surface area contributed by atoms with Crippen LogP contribution in [0.2, 0.25) is 0 Å². The van der Waals surface area contributed by atoms with Crippen molar-refractivity contribution in [3.8, 4) is 5.75 Å². The summed E-state index contributed by atoms with van der Waals surface area (Å²) in [5, 5.41) is 17.0.